The third kappa shape index (κ3) is 3.33. The van der Waals surface area contributed by atoms with Crippen LogP contribution in [-0.4, -0.2) is 27.2 Å². The number of ether oxygens (including phenoxy) is 3. The van der Waals surface area contributed by atoms with E-state index >= 15 is 0 Å². The normalized spacial score (nSPS) is 10.0. The fourth-order valence-corrected chi connectivity index (χ4v) is 2.60. The van der Waals surface area contributed by atoms with Crippen molar-refractivity contribution >= 4 is 27.5 Å². The lowest BCUT2D eigenvalue weighted by Crippen LogP contribution is -2.13. The molecule has 22 heavy (non-hydrogen) atoms. The number of carbonyl (C=O) groups is 1. The van der Waals surface area contributed by atoms with Crippen molar-refractivity contribution < 1.29 is 19.0 Å². The van der Waals surface area contributed by atoms with Gasteiger partial charge in [0.15, 0.2) is 11.5 Å². The van der Waals surface area contributed by atoms with E-state index in [1.54, 1.807) is 31.4 Å². The standard InChI is InChI=1S/C16H16BrNO4/c1-20-13-7-5-4-6-12(13)18-16(19)10-8-11(17)15(22-3)14(9-10)21-2/h4-9H,1-3H3,(H,18,19). The summed E-state index contributed by atoms with van der Waals surface area (Å²) in [5, 5.41) is 2.81. The van der Waals surface area contributed by atoms with Crippen LogP contribution < -0.4 is 19.5 Å². The number of benzene rings is 2. The fraction of sp³-hybridized carbons (Fsp3) is 0.188. The lowest BCUT2D eigenvalue weighted by Gasteiger charge is -2.13. The molecule has 0 aliphatic rings. The zero-order chi connectivity index (χ0) is 16.1. The molecule has 0 aromatic heterocycles. The molecule has 2 aromatic rings. The first-order valence-corrected chi connectivity index (χ1v) is 7.26. The van der Waals surface area contributed by atoms with Gasteiger partial charge in [-0.25, -0.2) is 0 Å². The molecule has 0 spiro atoms. The van der Waals surface area contributed by atoms with Crippen LogP contribution in [0.15, 0.2) is 40.9 Å². The third-order valence-electron chi connectivity index (χ3n) is 3.05. The number of amides is 1. The van der Waals surface area contributed by atoms with Crippen LogP contribution in [-0.2, 0) is 0 Å². The molecule has 1 N–H and O–H groups in total. The van der Waals surface area contributed by atoms with Gasteiger partial charge in [-0.05, 0) is 40.2 Å². The van der Waals surface area contributed by atoms with Crippen LogP contribution in [0.3, 0.4) is 0 Å². The first-order chi connectivity index (χ1) is 10.6. The van der Waals surface area contributed by atoms with Crippen molar-refractivity contribution in [2.45, 2.75) is 0 Å². The minimum absolute atomic E-state index is 0.272. The number of rotatable bonds is 5. The van der Waals surface area contributed by atoms with Crippen LogP contribution in [0.4, 0.5) is 5.69 Å². The molecule has 0 saturated carbocycles. The Bertz CT molecular complexity index is 688. The monoisotopic (exact) mass is 365 g/mol. The molecule has 0 saturated heterocycles. The van der Waals surface area contributed by atoms with Crippen molar-refractivity contribution in [3.8, 4) is 17.2 Å². The zero-order valence-corrected chi connectivity index (χ0v) is 14.1. The second-order valence-electron chi connectivity index (χ2n) is 4.35. The van der Waals surface area contributed by atoms with E-state index < -0.39 is 0 Å². The number of hydrogen-bond donors (Lipinski definition) is 1. The summed E-state index contributed by atoms with van der Waals surface area (Å²) in [6.45, 7) is 0. The number of halogens is 1. The molecule has 0 radical (unpaired) electrons. The predicted octanol–water partition coefficient (Wildman–Crippen LogP) is 3.73. The van der Waals surface area contributed by atoms with Crippen LogP contribution in [0.25, 0.3) is 0 Å². The van der Waals surface area contributed by atoms with Crippen LogP contribution in [0, 0.1) is 0 Å². The van der Waals surface area contributed by atoms with Crippen LogP contribution in [0.1, 0.15) is 10.4 Å². The van der Waals surface area contributed by atoms with Gasteiger partial charge in [0.2, 0.25) is 0 Å². The molecule has 2 aromatic carbocycles. The van der Waals surface area contributed by atoms with Crippen molar-refractivity contribution in [1.82, 2.24) is 0 Å². The Morgan fingerprint density at radius 1 is 1.00 bits per heavy atom. The molecule has 0 fully saturated rings. The highest BCUT2D eigenvalue weighted by Gasteiger charge is 2.16. The largest absolute Gasteiger partial charge is 0.495 e. The zero-order valence-electron chi connectivity index (χ0n) is 12.5. The van der Waals surface area contributed by atoms with Gasteiger partial charge < -0.3 is 19.5 Å². The quantitative estimate of drug-likeness (QED) is 0.876. The number of anilines is 1. The Morgan fingerprint density at radius 2 is 1.68 bits per heavy atom. The van der Waals surface area contributed by atoms with Gasteiger partial charge >= 0.3 is 0 Å². The van der Waals surface area contributed by atoms with E-state index in [-0.39, 0.29) is 5.91 Å². The summed E-state index contributed by atoms with van der Waals surface area (Å²) < 4.78 is 16.3. The number of carbonyl (C=O) groups excluding carboxylic acids is 1. The summed E-state index contributed by atoms with van der Waals surface area (Å²) in [5.74, 6) is 1.33. The van der Waals surface area contributed by atoms with Crippen molar-refractivity contribution in [3.05, 3.63) is 46.4 Å². The molecular weight excluding hydrogens is 350 g/mol. The van der Waals surface area contributed by atoms with Crippen LogP contribution in [0.2, 0.25) is 0 Å². The summed E-state index contributed by atoms with van der Waals surface area (Å²) in [7, 11) is 4.61. The number of para-hydroxylation sites is 2. The Hall–Kier alpha value is -2.21. The summed E-state index contributed by atoms with van der Waals surface area (Å²) in [4.78, 5) is 12.4. The first kappa shape index (κ1) is 16.2. The average Bonchev–Trinajstić information content (AvgIpc) is 2.54. The minimum Gasteiger partial charge on any atom is -0.495 e. The Labute approximate surface area is 137 Å². The lowest BCUT2D eigenvalue weighted by atomic mass is 10.1. The molecule has 5 nitrogen and oxygen atoms in total. The number of hydrogen-bond acceptors (Lipinski definition) is 4. The van der Waals surface area contributed by atoms with E-state index in [0.29, 0.717) is 33.0 Å². The average molecular weight is 366 g/mol. The number of nitrogens with one attached hydrogen (secondary N) is 1. The molecule has 116 valence electrons. The van der Waals surface area contributed by atoms with Crippen LogP contribution in [0.5, 0.6) is 17.2 Å². The van der Waals surface area contributed by atoms with E-state index in [1.807, 2.05) is 12.1 Å². The molecule has 0 aliphatic carbocycles. The maximum absolute atomic E-state index is 12.4. The second kappa shape index (κ2) is 7.17. The van der Waals surface area contributed by atoms with Gasteiger partial charge in [-0.3, -0.25) is 4.79 Å². The van der Waals surface area contributed by atoms with Gasteiger partial charge in [-0.1, -0.05) is 12.1 Å². The highest BCUT2D eigenvalue weighted by Crippen LogP contribution is 2.36. The maximum Gasteiger partial charge on any atom is 0.255 e. The van der Waals surface area contributed by atoms with Gasteiger partial charge in [0, 0.05) is 5.56 Å². The van der Waals surface area contributed by atoms with Gasteiger partial charge in [0.1, 0.15) is 5.75 Å². The van der Waals surface area contributed by atoms with Crippen molar-refractivity contribution in [2.24, 2.45) is 0 Å². The molecule has 0 unspecified atom stereocenters. The highest BCUT2D eigenvalue weighted by atomic mass is 79.9. The summed E-state index contributed by atoms with van der Waals surface area (Å²) >= 11 is 3.37. The van der Waals surface area contributed by atoms with E-state index in [4.69, 9.17) is 14.2 Å². The van der Waals surface area contributed by atoms with Gasteiger partial charge in [-0.15, -0.1) is 0 Å². The third-order valence-corrected chi connectivity index (χ3v) is 3.64. The van der Waals surface area contributed by atoms with Crippen molar-refractivity contribution in [1.29, 1.82) is 0 Å². The molecule has 0 heterocycles. The first-order valence-electron chi connectivity index (χ1n) is 6.46. The SMILES string of the molecule is COc1ccccc1NC(=O)c1cc(Br)c(OC)c(OC)c1. The predicted molar refractivity (Wildman–Crippen MR) is 88.2 cm³/mol. The van der Waals surface area contributed by atoms with E-state index in [2.05, 4.69) is 21.2 Å². The summed E-state index contributed by atoms with van der Waals surface area (Å²) in [6, 6.07) is 10.5. The van der Waals surface area contributed by atoms with Crippen LogP contribution >= 0.6 is 15.9 Å². The van der Waals surface area contributed by atoms with Crippen molar-refractivity contribution in [3.63, 3.8) is 0 Å². The van der Waals surface area contributed by atoms with Gasteiger partial charge in [0.25, 0.3) is 5.91 Å². The molecule has 0 aliphatic heterocycles. The van der Waals surface area contributed by atoms with Gasteiger partial charge in [-0.2, -0.15) is 0 Å². The summed E-state index contributed by atoms with van der Waals surface area (Å²) in [6.07, 6.45) is 0. The molecule has 0 atom stereocenters. The fourth-order valence-electron chi connectivity index (χ4n) is 1.99. The Balaban J connectivity index is 2.32. The Kier molecular flexibility index (Phi) is 5.27. The molecule has 0 bridgehead atoms. The lowest BCUT2D eigenvalue weighted by molar-refractivity contribution is 0.102. The second-order valence-corrected chi connectivity index (χ2v) is 5.20. The Morgan fingerprint density at radius 3 is 2.32 bits per heavy atom. The topological polar surface area (TPSA) is 56.8 Å². The maximum atomic E-state index is 12.4. The van der Waals surface area contributed by atoms with Crippen molar-refractivity contribution in [2.75, 3.05) is 26.6 Å². The van der Waals surface area contributed by atoms with E-state index in [0.717, 1.165) is 0 Å². The molecule has 2 rings (SSSR count). The molecular formula is C16H16BrNO4. The van der Waals surface area contributed by atoms with Gasteiger partial charge in [0.05, 0.1) is 31.5 Å². The van der Waals surface area contributed by atoms with E-state index in [9.17, 15) is 4.79 Å². The highest BCUT2D eigenvalue weighted by molar-refractivity contribution is 9.10. The van der Waals surface area contributed by atoms with E-state index in [1.165, 1.54) is 14.2 Å². The molecule has 6 heteroatoms. The number of methoxy groups -OCH3 is 3. The summed E-state index contributed by atoms with van der Waals surface area (Å²) in [5.41, 5.74) is 1.04. The smallest absolute Gasteiger partial charge is 0.255 e. The molecule has 1 amide bonds. The minimum atomic E-state index is -0.272.